The number of carbonyl (C=O) groups is 3. The van der Waals surface area contributed by atoms with Crippen LogP contribution in [0.3, 0.4) is 0 Å². The molecule has 0 saturated carbocycles. The molecule has 0 fully saturated rings. The lowest BCUT2D eigenvalue weighted by Gasteiger charge is -2.18. The van der Waals surface area contributed by atoms with Gasteiger partial charge >= 0.3 is 17.9 Å². The Bertz CT molecular complexity index is 1930. The molecule has 6 heteroatoms. The van der Waals surface area contributed by atoms with E-state index in [1.807, 2.05) is 0 Å². The van der Waals surface area contributed by atoms with Crippen LogP contribution < -0.4 is 0 Å². The second-order valence-corrected chi connectivity index (χ2v) is 19.9. The van der Waals surface area contributed by atoms with Crippen molar-refractivity contribution < 1.29 is 28.6 Å². The van der Waals surface area contributed by atoms with Gasteiger partial charge in [-0.3, -0.25) is 14.4 Å². The van der Waals surface area contributed by atoms with E-state index in [1.54, 1.807) is 0 Å². The van der Waals surface area contributed by atoms with Crippen LogP contribution in [0.4, 0.5) is 0 Å². The maximum atomic E-state index is 12.8. The van der Waals surface area contributed by atoms with Crippen LogP contribution in [-0.2, 0) is 28.6 Å². The van der Waals surface area contributed by atoms with Crippen molar-refractivity contribution >= 4 is 17.9 Å². The van der Waals surface area contributed by atoms with E-state index in [2.05, 4.69) is 215 Å². The van der Waals surface area contributed by atoms with Gasteiger partial charge in [0.05, 0.1) is 0 Å². The molecule has 0 saturated heterocycles. The van der Waals surface area contributed by atoms with E-state index in [4.69, 9.17) is 14.2 Å². The highest BCUT2D eigenvalue weighted by molar-refractivity contribution is 5.71. The van der Waals surface area contributed by atoms with Gasteiger partial charge in [0.1, 0.15) is 13.2 Å². The van der Waals surface area contributed by atoms with Crippen molar-refractivity contribution in [2.24, 2.45) is 0 Å². The topological polar surface area (TPSA) is 78.9 Å². The molecule has 0 bridgehead atoms. The minimum atomic E-state index is -0.819. The molecule has 80 heavy (non-hydrogen) atoms. The van der Waals surface area contributed by atoms with E-state index in [9.17, 15) is 14.4 Å². The van der Waals surface area contributed by atoms with Gasteiger partial charge in [-0.1, -0.05) is 260 Å². The summed E-state index contributed by atoms with van der Waals surface area (Å²) in [6, 6.07) is 0. The summed E-state index contributed by atoms with van der Waals surface area (Å²) in [6.45, 7) is 6.27. The summed E-state index contributed by atoms with van der Waals surface area (Å²) in [7, 11) is 0. The van der Waals surface area contributed by atoms with Gasteiger partial charge in [0.25, 0.3) is 0 Å². The summed E-state index contributed by atoms with van der Waals surface area (Å²) < 4.78 is 16.7. The Hall–Kier alpha value is -5.75. The van der Waals surface area contributed by atoms with Crippen LogP contribution in [0.5, 0.6) is 0 Å². The Morgan fingerprint density at radius 3 is 0.762 bits per heavy atom. The van der Waals surface area contributed by atoms with Crippen LogP contribution in [0.15, 0.2) is 194 Å². The van der Waals surface area contributed by atoms with Gasteiger partial charge in [-0.15, -0.1) is 0 Å². The van der Waals surface area contributed by atoms with Gasteiger partial charge in [0.2, 0.25) is 0 Å². The average Bonchev–Trinajstić information content (AvgIpc) is 3.46. The average molecular weight is 1100 g/mol. The Balaban J connectivity index is 4.31. The predicted molar refractivity (Wildman–Crippen MR) is 347 cm³/mol. The van der Waals surface area contributed by atoms with Crippen molar-refractivity contribution in [3.05, 3.63) is 194 Å². The van der Waals surface area contributed by atoms with Crippen molar-refractivity contribution in [3.63, 3.8) is 0 Å². The number of unbranched alkanes of at least 4 members (excludes halogenated alkanes) is 11. The van der Waals surface area contributed by atoms with E-state index in [1.165, 1.54) is 19.3 Å². The lowest BCUT2D eigenvalue weighted by molar-refractivity contribution is -0.167. The molecule has 0 aromatic heterocycles. The number of hydrogen-bond acceptors (Lipinski definition) is 6. The summed E-state index contributed by atoms with van der Waals surface area (Å²) >= 11 is 0. The van der Waals surface area contributed by atoms with E-state index >= 15 is 0 Å². The third kappa shape index (κ3) is 63.1. The van der Waals surface area contributed by atoms with Crippen LogP contribution in [0.1, 0.15) is 233 Å². The first-order chi connectivity index (χ1) is 39.5. The van der Waals surface area contributed by atoms with Gasteiger partial charge in [-0.05, 0) is 148 Å². The normalized spacial score (nSPS) is 13.5. The molecule has 0 aliphatic carbocycles. The highest BCUT2D eigenvalue weighted by atomic mass is 16.6. The number of allylic oxidation sites excluding steroid dienone is 32. The monoisotopic (exact) mass is 1100 g/mol. The molecule has 0 spiro atoms. The summed E-state index contributed by atoms with van der Waals surface area (Å²) in [5.74, 6) is -1.00. The minimum Gasteiger partial charge on any atom is -0.462 e. The van der Waals surface area contributed by atoms with Gasteiger partial charge in [0.15, 0.2) is 6.10 Å². The highest BCUT2D eigenvalue weighted by Gasteiger charge is 2.19. The number of hydrogen-bond donors (Lipinski definition) is 0. The maximum Gasteiger partial charge on any atom is 0.306 e. The maximum absolute atomic E-state index is 12.8. The van der Waals surface area contributed by atoms with Crippen molar-refractivity contribution in [1.82, 2.24) is 0 Å². The molecule has 444 valence electrons. The molecule has 0 aliphatic rings. The third-order valence-electron chi connectivity index (χ3n) is 12.3. The molecule has 0 rings (SSSR count). The molecule has 6 nitrogen and oxygen atoms in total. The molecule has 0 heterocycles. The van der Waals surface area contributed by atoms with Crippen LogP contribution in [0.25, 0.3) is 0 Å². The number of rotatable bonds is 54. The van der Waals surface area contributed by atoms with Gasteiger partial charge in [0, 0.05) is 19.3 Å². The quantitative estimate of drug-likeness (QED) is 0.0261. The first kappa shape index (κ1) is 74.2. The molecule has 0 N–H and O–H groups in total. The summed E-state index contributed by atoms with van der Waals surface area (Å²) in [5, 5.41) is 0. The fourth-order valence-corrected chi connectivity index (χ4v) is 7.71. The Kier molecular flexibility index (Phi) is 61.0. The molecule has 0 aromatic carbocycles. The Labute approximate surface area is 490 Å². The first-order valence-corrected chi connectivity index (χ1v) is 31.4. The molecule has 0 radical (unpaired) electrons. The van der Waals surface area contributed by atoms with Crippen molar-refractivity contribution in [3.8, 4) is 0 Å². The fourth-order valence-electron chi connectivity index (χ4n) is 7.71. The van der Waals surface area contributed by atoms with Crippen molar-refractivity contribution in [1.29, 1.82) is 0 Å². The zero-order valence-corrected chi connectivity index (χ0v) is 50.8. The van der Waals surface area contributed by atoms with E-state index in [-0.39, 0.29) is 37.5 Å². The fraction of sp³-hybridized carbons (Fsp3) is 0.527. The lowest BCUT2D eigenvalue weighted by atomic mass is 10.1. The van der Waals surface area contributed by atoms with Gasteiger partial charge in [-0.25, -0.2) is 0 Å². The van der Waals surface area contributed by atoms with Gasteiger partial charge in [-0.2, -0.15) is 0 Å². The lowest BCUT2D eigenvalue weighted by Crippen LogP contribution is -2.30. The zero-order valence-electron chi connectivity index (χ0n) is 50.8. The molecular weight excluding hydrogens is 985 g/mol. The molecule has 0 aliphatic heterocycles. The second kappa shape index (κ2) is 65.8. The SMILES string of the molecule is CC/C=C\C/C=C\C/C=C\C/C=C\C/C=C\C/C=C\C/C=C\C/C=C\C/C=C\CCCCCC(=O)OCC(COC(=O)CCCCCCCC)OC(=O)CCCCC/C=C\C/C=C\C/C=C\C/C=C\C/C=C\C/C=C\C/C=C\CC. The van der Waals surface area contributed by atoms with E-state index in [0.717, 1.165) is 167 Å². The van der Waals surface area contributed by atoms with Crippen LogP contribution in [0.2, 0.25) is 0 Å². The largest absolute Gasteiger partial charge is 0.462 e. The smallest absolute Gasteiger partial charge is 0.306 e. The number of ether oxygens (including phenoxy) is 3. The minimum absolute atomic E-state index is 0.113. The van der Waals surface area contributed by atoms with Crippen molar-refractivity contribution in [2.45, 2.75) is 239 Å². The number of carbonyl (C=O) groups excluding carboxylic acids is 3. The summed E-state index contributed by atoms with van der Waals surface area (Å²) in [5.41, 5.74) is 0. The highest BCUT2D eigenvalue weighted by Crippen LogP contribution is 2.12. The van der Waals surface area contributed by atoms with Crippen molar-refractivity contribution in [2.75, 3.05) is 13.2 Å². The molecule has 1 atom stereocenters. The number of esters is 3. The van der Waals surface area contributed by atoms with Crippen LogP contribution >= 0.6 is 0 Å². The molecular formula is C74H112O6. The standard InChI is InChI=1S/C74H112O6/c1-4-7-10-13-16-18-20-22-24-26-28-30-32-34-35-36-37-38-39-41-42-44-46-48-50-52-54-56-58-61-64-67-73(76)79-70-71(69-78-72(75)66-63-60-15-12-9-6-3)80-74(77)68-65-62-59-57-55-53-51-49-47-45-43-40-33-31-29-27-25-23-21-19-17-14-11-8-5-2/h7-8,10-11,16-19,22-25,28-31,34-35,37-38,40-43,46-49,52-55,71H,4-6,9,12-15,20-21,26-27,32-33,36,39,44-45,50-51,56-70H2,1-3H3/b10-7-,11-8-,18-16-,19-17-,24-22-,25-23-,30-28-,31-29-,35-34-,38-37-,42-41-,43-40-,48-46-,49-47-,54-52-,55-53-. The van der Waals surface area contributed by atoms with Crippen LogP contribution in [-0.4, -0.2) is 37.2 Å². The Morgan fingerprint density at radius 2 is 0.487 bits per heavy atom. The Morgan fingerprint density at radius 1 is 0.263 bits per heavy atom. The van der Waals surface area contributed by atoms with E-state index < -0.39 is 6.10 Å². The third-order valence-corrected chi connectivity index (χ3v) is 12.3. The first-order valence-electron chi connectivity index (χ1n) is 31.4. The predicted octanol–water partition coefficient (Wildman–Crippen LogP) is 21.8. The zero-order chi connectivity index (χ0) is 57.8. The summed E-state index contributed by atoms with van der Waals surface area (Å²) in [4.78, 5) is 38.0. The summed E-state index contributed by atoms with van der Waals surface area (Å²) in [6.07, 6.45) is 100. The molecule has 1 unspecified atom stereocenters. The second-order valence-electron chi connectivity index (χ2n) is 19.9. The van der Waals surface area contributed by atoms with Gasteiger partial charge < -0.3 is 14.2 Å². The van der Waals surface area contributed by atoms with E-state index in [0.29, 0.717) is 19.3 Å². The van der Waals surface area contributed by atoms with Crippen LogP contribution in [0, 0.1) is 0 Å². The molecule has 0 aromatic rings. The molecule has 0 amide bonds.